The molecule has 1 aromatic rings. The van der Waals surface area contributed by atoms with Crippen LogP contribution in [0.1, 0.15) is 25.3 Å². The molecule has 0 radical (unpaired) electrons. The summed E-state index contributed by atoms with van der Waals surface area (Å²) in [7, 11) is 0. The average Bonchev–Trinajstić information content (AvgIpc) is 2.96. The lowest BCUT2D eigenvalue weighted by Gasteiger charge is -2.35. The predicted octanol–water partition coefficient (Wildman–Crippen LogP) is 2.04. The Morgan fingerprint density at radius 1 is 1.43 bits per heavy atom. The molecule has 2 heterocycles. The molecule has 116 valence electrons. The Labute approximate surface area is 127 Å². The van der Waals surface area contributed by atoms with Crippen LogP contribution in [0, 0.1) is 0 Å². The standard InChI is InChI=1S/C17H26N2O2/c1-2-20-16-7-3-5-14(9-16)10-18-11-17-12-19-8-4-6-15(19)13-21-17/h3,5,7,9,15,17-18H,2,4,6,8,10-13H2,1H3. The number of hydrogen-bond acceptors (Lipinski definition) is 4. The molecule has 1 aromatic carbocycles. The van der Waals surface area contributed by atoms with Gasteiger partial charge in [-0.15, -0.1) is 0 Å². The van der Waals surface area contributed by atoms with Crippen molar-refractivity contribution in [3.63, 3.8) is 0 Å². The molecule has 2 unspecified atom stereocenters. The van der Waals surface area contributed by atoms with Crippen LogP contribution in [0.2, 0.25) is 0 Å². The first-order valence-corrected chi connectivity index (χ1v) is 8.13. The molecular formula is C17H26N2O2. The van der Waals surface area contributed by atoms with Crippen molar-refractivity contribution in [2.45, 2.75) is 38.5 Å². The molecule has 4 heteroatoms. The summed E-state index contributed by atoms with van der Waals surface area (Å²) in [5.74, 6) is 0.950. The van der Waals surface area contributed by atoms with Gasteiger partial charge in [0.2, 0.25) is 0 Å². The van der Waals surface area contributed by atoms with Gasteiger partial charge >= 0.3 is 0 Å². The zero-order valence-electron chi connectivity index (χ0n) is 12.9. The molecule has 2 aliphatic rings. The van der Waals surface area contributed by atoms with Gasteiger partial charge in [-0.3, -0.25) is 4.90 Å². The van der Waals surface area contributed by atoms with E-state index in [9.17, 15) is 0 Å². The minimum Gasteiger partial charge on any atom is -0.494 e. The molecule has 2 aliphatic heterocycles. The molecule has 0 saturated carbocycles. The van der Waals surface area contributed by atoms with Crippen LogP contribution < -0.4 is 10.1 Å². The van der Waals surface area contributed by atoms with E-state index in [-0.39, 0.29) is 0 Å². The molecule has 0 bridgehead atoms. The number of hydrogen-bond donors (Lipinski definition) is 1. The molecule has 0 aliphatic carbocycles. The fourth-order valence-corrected chi connectivity index (χ4v) is 3.30. The van der Waals surface area contributed by atoms with Crippen molar-refractivity contribution in [2.75, 3.05) is 32.8 Å². The van der Waals surface area contributed by atoms with Crippen LogP contribution in [-0.2, 0) is 11.3 Å². The highest BCUT2D eigenvalue weighted by atomic mass is 16.5. The van der Waals surface area contributed by atoms with E-state index in [0.29, 0.717) is 18.8 Å². The van der Waals surface area contributed by atoms with E-state index < -0.39 is 0 Å². The first-order valence-electron chi connectivity index (χ1n) is 8.13. The lowest BCUT2D eigenvalue weighted by molar-refractivity contribution is -0.0470. The number of ether oxygens (including phenoxy) is 2. The van der Waals surface area contributed by atoms with Crippen LogP contribution in [0.5, 0.6) is 5.75 Å². The summed E-state index contributed by atoms with van der Waals surface area (Å²) in [5, 5.41) is 3.51. The third-order valence-electron chi connectivity index (χ3n) is 4.37. The summed E-state index contributed by atoms with van der Waals surface area (Å²) in [6, 6.07) is 8.98. The van der Waals surface area contributed by atoms with Gasteiger partial charge in [0.15, 0.2) is 0 Å². The first kappa shape index (κ1) is 14.8. The number of rotatable bonds is 6. The van der Waals surface area contributed by atoms with Gasteiger partial charge in [-0.25, -0.2) is 0 Å². The number of nitrogens with one attached hydrogen (secondary N) is 1. The van der Waals surface area contributed by atoms with E-state index in [1.807, 2.05) is 19.1 Å². The largest absolute Gasteiger partial charge is 0.494 e. The zero-order valence-corrected chi connectivity index (χ0v) is 12.9. The Balaban J connectivity index is 1.42. The second-order valence-electron chi connectivity index (χ2n) is 5.96. The Kier molecular flexibility index (Phi) is 5.12. The van der Waals surface area contributed by atoms with E-state index in [1.165, 1.54) is 24.9 Å². The smallest absolute Gasteiger partial charge is 0.119 e. The number of fused-ring (bicyclic) bond motifs is 1. The Morgan fingerprint density at radius 2 is 2.38 bits per heavy atom. The highest BCUT2D eigenvalue weighted by molar-refractivity contribution is 5.28. The maximum Gasteiger partial charge on any atom is 0.119 e. The van der Waals surface area contributed by atoms with Crippen molar-refractivity contribution in [3.8, 4) is 5.75 Å². The van der Waals surface area contributed by atoms with E-state index in [4.69, 9.17) is 9.47 Å². The van der Waals surface area contributed by atoms with Crippen molar-refractivity contribution in [3.05, 3.63) is 29.8 Å². The molecule has 0 aromatic heterocycles. The van der Waals surface area contributed by atoms with Crippen LogP contribution >= 0.6 is 0 Å². The summed E-state index contributed by atoms with van der Waals surface area (Å²) in [4.78, 5) is 2.59. The molecule has 21 heavy (non-hydrogen) atoms. The van der Waals surface area contributed by atoms with Crippen molar-refractivity contribution in [1.29, 1.82) is 0 Å². The lowest BCUT2D eigenvalue weighted by atomic mass is 10.2. The quantitative estimate of drug-likeness (QED) is 0.869. The molecule has 4 nitrogen and oxygen atoms in total. The third-order valence-corrected chi connectivity index (χ3v) is 4.37. The predicted molar refractivity (Wildman–Crippen MR) is 83.7 cm³/mol. The second-order valence-corrected chi connectivity index (χ2v) is 5.96. The van der Waals surface area contributed by atoms with E-state index in [0.717, 1.165) is 32.0 Å². The second kappa shape index (κ2) is 7.25. The highest BCUT2D eigenvalue weighted by Crippen LogP contribution is 2.22. The fraction of sp³-hybridized carbons (Fsp3) is 0.647. The van der Waals surface area contributed by atoms with Gasteiger partial charge in [0.1, 0.15) is 5.75 Å². The molecule has 0 spiro atoms. The van der Waals surface area contributed by atoms with Crippen molar-refractivity contribution < 1.29 is 9.47 Å². The normalized spacial score (nSPS) is 25.8. The average molecular weight is 290 g/mol. The van der Waals surface area contributed by atoms with E-state index in [2.05, 4.69) is 22.3 Å². The van der Waals surface area contributed by atoms with Crippen LogP contribution in [0.4, 0.5) is 0 Å². The molecule has 0 amide bonds. The zero-order chi connectivity index (χ0) is 14.5. The van der Waals surface area contributed by atoms with Crippen LogP contribution in [0.15, 0.2) is 24.3 Å². The van der Waals surface area contributed by atoms with Crippen molar-refractivity contribution >= 4 is 0 Å². The van der Waals surface area contributed by atoms with Gasteiger partial charge in [0.05, 0.1) is 19.3 Å². The topological polar surface area (TPSA) is 33.7 Å². The van der Waals surface area contributed by atoms with Gasteiger partial charge in [-0.2, -0.15) is 0 Å². The minimum atomic E-state index is 0.328. The molecule has 1 N–H and O–H groups in total. The third kappa shape index (κ3) is 3.96. The summed E-state index contributed by atoms with van der Waals surface area (Å²) in [5.41, 5.74) is 1.26. The maximum atomic E-state index is 5.96. The number of morpholine rings is 1. The van der Waals surface area contributed by atoms with Gasteiger partial charge < -0.3 is 14.8 Å². The SMILES string of the molecule is CCOc1cccc(CNCC2CN3CCCC3CO2)c1. The Morgan fingerprint density at radius 3 is 3.29 bits per heavy atom. The van der Waals surface area contributed by atoms with E-state index in [1.54, 1.807) is 0 Å². The maximum absolute atomic E-state index is 5.96. The summed E-state index contributed by atoms with van der Waals surface area (Å²) < 4.78 is 11.5. The van der Waals surface area contributed by atoms with Crippen LogP contribution in [0.3, 0.4) is 0 Å². The number of nitrogens with zero attached hydrogens (tertiary/aromatic N) is 1. The minimum absolute atomic E-state index is 0.328. The molecular weight excluding hydrogens is 264 g/mol. The fourth-order valence-electron chi connectivity index (χ4n) is 3.30. The van der Waals surface area contributed by atoms with Crippen molar-refractivity contribution in [2.24, 2.45) is 0 Å². The Bertz CT molecular complexity index is 452. The summed E-state index contributed by atoms with van der Waals surface area (Å²) >= 11 is 0. The molecule has 2 fully saturated rings. The molecule has 3 rings (SSSR count). The monoisotopic (exact) mass is 290 g/mol. The summed E-state index contributed by atoms with van der Waals surface area (Å²) in [6.07, 6.45) is 2.97. The Hall–Kier alpha value is -1.10. The summed E-state index contributed by atoms with van der Waals surface area (Å²) in [6.45, 7) is 7.75. The van der Waals surface area contributed by atoms with Gasteiger partial charge in [0.25, 0.3) is 0 Å². The van der Waals surface area contributed by atoms with Crippen LogP contribution in [-0.4, -0.2) is 49.9 Å². The molecule has 2 atom stereocenters. The highest BCUT2D eigenvalue weighted by Gasteiger charge is 2.31. The first-order chi connectivity index (χ1) is 10.3. The molecule has 2 saturated heterocycles. The lowest BCUT2D eigenvalue weighted by Crippen LogP contribution is -2.49. The van der Waals surface area contributed by atoms with E-state index >= 15 is 0 Å². The van der Waals surface area contributed by atoms with Gasteiger partial charge in [-0.1, -0.05) is 12.1 Å². The number of benzene rings is 1. The van der Waals surface area contributed by atoms with Gasteiger partial charge in [0, 0.05) is 25.7 Å². The van der Waals surface area contributed by atoms with Crippen molar-refractivity contribution in [1.82, 2.24) is 10.2 Å². The van der Waals surface area contributed by atoms with Gasteiger partial charge in [-0.05, 0) is 44.0 Å². The van der Waals surface area contributed by atoms with Crippen LogP contribution in [0.25, 0.3) is 0 Å².